The lowest BCUT2D eigenvalue weighted by Gasteiger charge is -2.20. The van der Waals surface area contributed by atoms with Gasteiger partial charge < -0.3 is 0 Å². The van der Waals surface area contributed by atoms with Gasteiger partial charge in [0.25, 0.3) is 0 Å². The highest BCUT2D eigenvalue weighted by Gasteiger charge is 2.19. The van der Waals surface area contributed by atoms with Crippen molar-refractivity contribution in [3.8, 4) is 33.4 Å². The van der Waals surface area contributed by atoms with Crippen molar-refractivity contribution in [2.75, 3.05) is 0 Å². The van der Waals surface area contributed by atoms with E-state index in [2.05, 4.69) is 109 Å². The van der Waals surface area contributed by atoms with Crippen LogP contribution in [-0.2, 0) is 0 Å². The summed E-state index contributed by atoms with van der Waals surface area (Å²) in [6.07, 6.45) is 0. The summed E-state index contributed by atoms with van der Waals surface area (Å²) >= 11 is 0. The van der Waals surface area contributed by atoms with E-state index >= 15 is 0 Å². The van der Waals surface area contributed by atoms with Crippen LogP contribution in [0.25, 0.3) is 76.5 Å². The number of rotatable bonds is 3. The van der Waals surface area contributed by atoms with E-state index in [0.29, 0.717) is 5.56 Å². The van der Waals surface area contributed by atoms with Crippen LogP contribution >= 0.6 is 0 Å². The van der Waals surface area contributed by atoms with E-state index in [1.807, 2.05) is 18.2 Å². The van der Waals surface area contributed by atoms with E-state index in [1.54, 1.807) is 0 Å². The number of hydrogen-bond acceptors (Lipinski definition) is 0. The Morgan fingerprint density at radius 3 is 1.43 bits per heavy atom. The molecule has 0 unspecified atom stereocenters. The molecule has 8 rings (SSSR count). The summed E-state index contributed by atoms with van der Waals surface area (Å²) in [5.41, 5.74) is 5.14. The fourth-order valence-electron chi connectivity index (χ4n) is 6.20. The van der Waals surface area contributed by atoms with Crippen LogP contribution in [0, 0.1) is 0 Å². The molecular weight excluding hydrogens is 480 g/mol. The summed E-state index contributed by atoms with van der Waals surface area (Å²) in [6.45, 7) is 0. The summed E-state index contributed by atoms with van der Waals surface area (Å²) in [4.78, 5) is 0. The molecular formula is C40H26. The summed E-state index contributed by atoms with van der Waals surface area (Å²) in [5.74, 6) is 0. The molecule has 0 spiro atoms. The molecule has 0 aliphatic carbocycles. The third-order valence-electron chi connectivity index (χ3n) is 7.93. The third-order valence-corrected chi connectivity index (χ3v) is 7.93. The van der Waals surface area contributed by atoms with Gasteiger partial charge in [-0.15, -0.1) is 0 Å². The number of benzene rings is 8. The molecule has 8 aromatic rings. The molecule has 0 radical (unpaired) electrons. The number of fused-ring (bicyclic) bond motifs is 4. The standard InChI is InChI=1S/C40H26/c1-2-12-27(13-3-1)30-24-25-37-38(26-30)40(34-23-11-17-29-15-5-7-19-32(29)34)36-21-9-8-20-35(36)39(37)33-22-10-16-28-14-4-6-18-31(28)33/h1-26H/i1D,2D,3D,12D,13D. The molecule has 0 N–H and O–H groups in total. The zero-order valence-electron chi connectivity index (χ0n) is 26.6. The van der Waals surface area contributed by atoms with Crippen LogP contribution in [0.15, 0.2) is 158 Å². The van der Waals surface area contributed by atoms with Gasteiger partial charge in [0.05, 0.1) is 6.85 Å². The first-order chi connectivity index (χ1) is 21.9. The molecule has 0 heterocycles. The van der Waals surface area contributed by atoms with Gasteiger partial charge in [-0.3, -0.25) is 0 Å². The average Bonchev–Trinajstić information content (AvgIpc) is 3.08. The predicted octanol–water partition coefficient (Wildman–Crippen LogP) is 11.3. The molecule has 0 atom stereocenters. The molecule has 0 saturated heterocycles. The van der Waals surface area contributed by atoms with Gasteiger partial charge in [-0.05, 0) is 82.5 Å². The first-order valence-corrected chi connectivity index (χ1v) is 13.5. The van der Waals surface area contributed by atoms with Gasteiger partial charge in [0, 0.05) is 0 Å². The average molecular weight is 512 g/mol. The molecule has 0 bridgehead atoms. The summed E-state index contributed by atoms with van der Waals surface area (Å²) in [7, 11) is 0. The van der Waals surface area contributed by atoms with Crippen molar-refractivity contribution in [2.45, 2.75) is 0 Å². The SMILES string of the molecule is [2H]c1c([2H])c([2H])c(-c2ccc3c(-c4cccc5ccccc45)c4ccccc4c(-c4cccc5ccccc45)c3c2)c([2H])c1[2H]. The van der Waals surface area contributed by atoms with E-state index < -0.39 is 6.04 Å². The van der Waals surface area contributed by atoms with E-state index in [0.717, 1.165) is 65.3 Å². The molecule has 0 heteroatoms. The first-order valence-electron chi connectivity index (χ1n) is 16.0. The van der Waals surface area contributed by atoms with Crippen LogP contribution in [0.4, 0.5) is 0 Å². The highest BCUT2D eigenvalue weighted by Crippen LogP contribution is 2.47. The topological polar surface area (TPSA) is 0 Å². The largest absolute Gasteiger partial charge is 0.0629 e. The van der Waals surface area contributed by atoms with Gasteiger partial charge in [0.2, 0.25) is 0 Å². The minimum absolute atomic E-state index is 0.201. The van der Waals surface area contributed by atoms with Gasteiger partial charge >= 0.3 is 0 Å². The van der Waals surface area contributed by atoms with Crippen molar-refractivity contribution in [3.63, 3.8) is 0 Å². The van der Waals surface area contributed by atoms with Crippen LogP contribution < -0.4 is 0 Å². The van der Waals surface area contributed by atoms with E-state index in [4.69, 9.17) is 6.85 Å². The van der Waals surface area contributed by atoms with E-state index in [-0.39, 0.29) is 29.7 Å². The number of hydrogen-bond donors (Lipinski definition) is 0. The third kappa shape index (κ3) is 3.54. The maximum absolute atomic E-state index is 8.73. The lowest BCUT2D eigenvalue weighted by Crippen LogP contribution is -1.93. The lowest BCUT2D eigenvalue weighted by atomic mass is 9.83. The molecule has 8 aromatic carbocycles. The molecule has 0 aliphatic rings. The smallest absolute Gasteiger partial charge is 0.0622 e. The van der Waals surface area contributed by atoms with Crippen LogP contribution in [0.1, 0.15) is 6.85 Å². The highest BCUT2D eigenvalue weighted by atomic mass is 14.2. The van der Waals surface area contributed by atoms with E-state index in [1.165, 1.54) is 0 Å². The summed E-state index contributed by atoms with van der Waals surface area (Å²) in [6, 6.07) is 42.5. The van der Waals surface area contributed by atoms with Gasteiger partial charge in [-0.1, -0.05) is 152 Å². The molecule has 186 valence electrons. The Bertz CT molecular complexity index is 2460. The zero-order chi connectivity index (χ0) is 30.8. The maximum Gasteiger partial charge on any atom is 0.0629 e. The minimum Gasteiger partial charge on any atom is -0.0622 e. The van der Waals surface area contributed by atoms with Gasteiger partial charge in [-0.25, -0.2) is 0 Å². The highest BCUT2D eigenvalue weighted by molar-refractivity contribution is 6.25. The molecule has 40 heavy (non-hydrogen) atoms. The molecule has 0 aromatic heterocycles. The van der Waals surface area contributed by atoms with Crippen LogP contribution in [0.5, 0.6) is 0 Å². The predicted molar refractivity (Wildman–Crippen MR) is 173 cm³/mol. The molecule has 0 aliphatic heterocycles. The second-order valence-electron chi connectivity index (χ2n) is 10.1. The van der Waals surface area contributed by atoms with Crippen molar-refractivity contribution < 1.29 is 6.85 Å². The Balaban J connectivity index is 1.59. The van der Waals surface area contributed by atoms with Crippen molar-refractivity contribution in [2.24, 2.45) is 0 Å². The quantitative estimate of drug-likeness (QED) is 0.207. The van der Waals surface area contributed by atoms with Gasteiger partial charge in [0.15, 0.2) is 0 Å². The Labute approximate surface area is 240 Å². The first kappa shape index (κ1) is 18.2. The fraction of sp³-hybridized carbons (Fsp3) is 0. The lowest BCUT2D eigenvalue weighted by molar-refractivity contribution is 1.64. The van der Waals surface area contributed by atoms with Crippen molar-refractivity contribution in [3.05, 3.63) is 158 Å². The molecule has 0 saturated carbocycles. The second kappa shape index (κ2) is 9.22. The Hall–Kier alpha value is -5.20. The van der Waals surface area contributed by atoms with Crippen LogP contribution in [0.3, 0.4) is 0 Å². The van der Waals surface area contributed by atoms with Crippen molar-refractivity contribution in [1.29, 1.82) is 0 Å². The zero-order valence-corrected chi connectivity index (χ0v) is 21.6. The van der Waals surface area contributed by atoms with Gasteiger partial charge in [-0.2, -0.15) is 0 Å². The minimum atomic E-state index is -0.393. The van der Waals surface area contributed by atoms with Gasteiger partial charge in [0.1, 0.15) is 0 Å². The Morgan fingerprint density at radius 2 is 0.825 bits per heavy atom. The normalized spacial score (nSPS) is 13.2. The van der Waals surface area contributed by atoms with Crippen molar-refractivity contribution >= 4 is 43.1 Å². The Morgan fingerprint density at radius 1 is 0.350 bits per heavy atom. The molecule has 0 fully saturated rings. The summed E-state index contributed by atoms with van der Waals surface area (Å²) in [5, 5.41) is 8.76. The van der Waals surface area contributed by atoms with Crippen molar-refractivity contribution in [1.82, 2.24) is 0 Å². The molecule has 0 nitrogen and oxygen atoms in total. The van der Waals surface area contributed by atoms with E-state index in [9.17, 15) is 0 Å². The summed E-state index contributed by atoms with van der Waals surface area (Å²) < 4.78 is 42.3. The monoisotopic (exact) mass is 511 g/mol. The van der Waals surface area contributed by atoms with Crippen LogP contribution in [0.2, 0.25) is 0 Å². The fourth-order valence-corrected chi connectivity index (χ4v) is 6.20. The molecule has 0 amide bonds. The Kier molecular flexibility index (Phi) is 4.18. The maximum atomic E-state index is 8.73. The van der Waals surface area contributed by atoms with Crippen LogP contribution in [-0.4, -0.2) is 0 Å². The second-order valence-corrected chi connectivity index (χ2v) is 10.1.